The minimum absolute atomic E-state index is 0.157. The molecule has 2 heterocycles. The number of nitrogens with one attached hydrogen (secondary N) is 1. The van der Waals surface area contributed by atoms with Crippen LogP contribution in [-0.2, 0) is 17.6 Å². The van der Waals surface area contributed by atoms with Crippen molar-refractivity contribution in [1.82, 2.24) is 0 Å². The molecule has 1 aromatic heterocycles. The van der Waals surface area contributed by atoms with Gasteiger partial charge in [0.15, 0.2) is 0 Å². The maximum atomic E-state index is 13.2. The zero-order chi connectivity index (χ0) is 20.5. The molecule has 1 N–H and O–H groups in total. The predicted octanol–water partition coefficient (Wildman–Crippen LogP) is 5.28. The average Bonchev–Trinajstić information content (AvgIpc) is 3.05. The molecule has 1 aromatic carbocycles. The number of halogens is 1. The summed E-state index contributed by atoms with van der Waals surface area (Å²) in [5.74, 6) is 0.236. The Hall–Kier alpha value is -2.25. The molecule has 4 rings (SSSR count). The van der Waals surface area contributed by atoms with Gasteiger partial charge in [0.1, 0.15) is 16.9 Å². The fraction of sp³-hybridized carbons (Fsp3) is 0.429. The van der Waals surface area contributed by atoms with Gasteiger partial charge in [0.05, 0.1) is 24.4 Å². The lowest BCUT2D eigenvalue weighted by Gasteiger charge is -2.33. The first-order valence-corrected chi connectivity index (χ1v) is 11.0. The molecule has 6 nitrogen and oxygen atoms in total. The number of urea groups is 1. The van der Waals surface area contributed by atoms with Gasteiger partial charge in [-0.1, -0.05) is 11.6 Å². The van der Waals surface area contributed by atoms with Gasteiger partial charge in [-0.2, -0.15) is 0 Å². The van der Waals surface area contributed by atoms with Gasteiger partial charge >= 0.3 is 12.0 Å². The van der Waals surface area contributed by atoms with Crippen molar-refractivity contribution in [2.24, 2.45) is 0 Å². The Labute approximate surface area is 178 Å². The zero-order valence-corrected chi connectivity index (χ0v) is 18.0. The summed E-state index contributed by atoms with van der Waals surface area (Å²) in [6, 6.07) is 4.91. The van der Waals surface area contributed by atoms with Gasteiger partial charge in [-0.25, -0.2) is 9.59 Å². The van der Waals surface area contributed by atoms with E-state index in [1.807, 2.05) is 6.92 Å². The number of ether oxygens (including phenoxy) is 2. The standard InChI is InChI=1S/C21H23ClN2O4S/c1-3-27-20(25)18-14-6-4-5-7-17(14)29-19(18)23-21(26)24-11-12(2)28-16-9-8-13(22)10-15(16)24/h8-10,12H,3-7,11H2,1-2H3,(H,23,26)/t12-/m0/s1. The average molecular weight is 435 g/mol. The number of fused-ring (bicyclic) bond motifs is 2. The van der Waals surface area contributed by atoms with E-state index in [0.717, 1.165) is 36.1 Å². The third-order valence-corrected chi connectivity index (χ3v) is 6.54. The molecule has 0 saturated heterocycles. The molecule has 0 unspecified atom stereocenters. The fourth-order valence-corrected chi connectivity index (χ4v) is 5.27. The number of amides is 2. The monoisotopic (exact) mass is 434 g/mol. The number of carbonyl (C=O) groups is 2. The molecule has 154 valence electrons. The second-order valence-electron chi connectivity index (χ2n) is 7.22. The Morgan fingerprint density at radius 1 is 1.34 bits per heavy atom. The first-order chi connectivity index (χ1) is 14.0. The van der Waals surface area contributed by atoms with Gasteiger partial charge in [-0.15, -0.1) is 11.3 Å². The lowest BCUT2D eigenvalue weighted by Crippen LogP contribution is -2.44. The van der Waals surface area contributed by atoms with Crippen molar-refractivity contribution in [1.29, 1.82) is 0 Å². The van der Waals surface area contributed by atoms with Crippen LogP contribution in [0, 0.1) is 0 Å². The molecule has 1 aliphatic carbocycles. The molecule has 0 spiro atoms. The number of hydrogen-bond acceptors (Lipinski definition) is 5. The smallest absolute Gasteiger partial charge is 0.341 e. The first-order valence-electron chi connectivity index (χ1n) is 9.84. The van der Waals surface area contributed by atoms with Crippen LogP contribution in [0.2, 0.25) is 5.02 Å². The number of rotatable bonds is 3. The number of esters is 1. The summed E-state index contributed by atoms with van der Waals surface area (Å²) >= 11 is 7.62. The second-order valence-corrected chi connectivity index (χ2v) is 8.76. The number of anilines is 2. The highest BCUT2D eigenvalue weighted by molar-refractivity contribution is 7.17. The summed E-state index contributed by atoms with van der Waals surface area (Å²) in [4.78, 5) is 28.6. The van der Waals surface area contributed by atoms with E-state index in [1.165, 1.54) is 11.3 Å². The molecular formula is C21H23ClN2O4S. The maximum Gasteiger partial charge on any atom is 0.341 e. The minimum atomic E-state index is -0.374. The molecular weight excluding hydrogens is 412 g/mol. The van der Waals surface area contributed by atoms with Gasteiger partial charge in [-0.05, 0) is 63.3 Å². The van der Waals surface area contributed by atoms with E-state index in [-0.39, 0.29) is 18.1 Å². The normalized spacial score (nSPS) is 17.8. The van der Waals surface area contributed by atoms with Crippen LogP contribution in [0.5, 0.6) is 5.75 Å². The van der Waals surface area contributed by atoms with Crippen LogP contribution >= 0.6 is 22.9 Å². The van der Waals surface area contributed by atoms with Crippen LogP contribution in [0.25, 0.3) is 0 Å². The highest BCUT2D eigenvalue weighted by Gasteiger charge is 2.31. The molecule has 1 aliphatic heterocycles. The summed E-state index contributed by atoms with van der Waals surface area (Å²) in [6.45, 7) is 4.37. The third-order valence-electron chi connectivity index (χ3n) is 5.10. The van der Waals surface area contributed by atoms with Crippen LogP contribution in [0.1, 0.15) is 47.5 Å². The van der Waals surface area contributed by atoms with E-state index >= 15 is 0 Å². The Morgan fingerprint density at radius 2 is 2.14 bits per heavy atom. The highest BCUT2D eigenvalue weighted by atomic mass is 35.5. The number of hydrogen-bond donors (Lipinski definition) is 1. The van der Waals surface area contributed by atoms with Crippen LogP contribution < -0.4 is 15.0 Å². The minimum Gasteiger partial charge on any atom is -0.487 e. The van der Waals surface area contributed by atoms with E-state index in [9.17, 15) is 9.59 Å². The van der Waals surface area contributed by atoms with Crippen LogP contribution in [0.3, 0.4) is 0 Å². The SMILES string of the molecule is CCOC(=O)c1c(NC(=O)N2C[C@H](C)Oc3ccc(Cl)cc32)sc2c1CCCC2. The Morgan fingerprint density at radius 3 is 2.93 bits per heavy atom. The highest BCUT2D eigenvalue weighted by Crippen LogP contribution is 2.40. The van der Waals surface area contributed by atoms with Crippen LogP contribution in [0.15, 0.2) is 18.2 Å². The Kier molecular flexibility index (Phi) is 5.69. The lowest BCUT2D eigenvalue weighted by atomic mass is 9.95. The van der Waals surface area contributed by atoms with Crippen molar-refractivity contribution < 1.29 is 19.1 Å². The molecule has 8 heteroatoms. The Balaban J connectivity index is 1.66. The van der Waals surface area contributed by atoms with Crippen molar-refractivity contribution >= 4 is 45.6 Å². The van der Waals surface area contributed by atoms with Gasteiger partial charge in [-0.3, -0.25) is 10.2 Å². The van der Waals surface area contributed by atoms with Crippen molar-refractivity contribution in [3.8, 4) is 5.75 Å². The van der Waals surface area contributed by atoms with E-state index in [2.05, 4.69) is 5.32 Å². The Bertz CT molecular complexity index is 958. The number of aryl methyl sites for hydroxylation is 1. The molecule has 2 aliphatic rings. The number of carbonyl (C=O) groups excluding carboxylic acids is 2. The van der Waals surface area contributed by atoms with Gasteiger partial charge in [0.25, 0.3) is 0 Å². The van der Waals surface area contributed by atoms with Crippen molar-refractivity contribution in [3.05, 3.63) is 39.2 Å². The number of nitrogens with zero attached hydrogens (tertiary/aromatic N) is 1. The molecule has 0 bridgehead atoms. The van der Waals surface area contributed by atoms with Crippen molar-refractivity contribution in [3.63, 3.8) is 0 Å². The number of thiophene rings is 1. The van der Waals surface area contributed by atoms with Crippen molar-refractivity contribution in [2.75, 3.05) is 23.4 Å². The van der Waals surface area contributed by atoms with E-state index in [4.69, 9.17) is 21.1 Å². The summed E-state index contributed by atoms with van der Waals surface area (Å²) in [5, 5.41) is 4.05. The fourth-order valence-electron chi connectivity index (χ4n) is 3.84. The van der Waals surface area contributed by atoms with E-state index in [0.29, 0.717) is 40.2 Å². The van der Waals surface area contributed by atoms with Gasteiger partial charge in [0, 0.05) is 9.90 Å². The molecule has 0 fully saturated rings. The zero-order valence-electron chi connectivity index (χ0n) is 16.4. The molecule has 1 atom stereocenters. The largest absolute Gasteiger partial charge is 0.487 e. The van der Waals surface area contributed by atoms with E-state index < -0.39 is 0 Å². The lowest BCUT2D eigenvalue weighted by molar-refractivity contribution is 0.0526. The summed E-state index contributed by atoms with van der Waals surface area (Å²) in [5.41, 5.74) is 2.15. The number of benzene rings is 1. The van der Waals surface area contributed by atoms with E-state index in [1.54, 1.807) is 30.0 Å². The topological polar surface area (TPSA) is 67.9 Å². The summed E-state index contributed by atoms with van der Waals surface area (Å²) in [6.07, 6.45) is 3.74. The van der Waals surface area contributed by atoms with Crippen LogP contribution in [-0.4, -0.2) is 31.3 Å². The first kappa shape index (κ1) is 20.0. The molecule has 0 radical (unpaired) electrons. The quantitative estimate of drug-likeness (QED) is 0.667. The molecule has 2 aromatic rings. The third kappa shape index (κ3) is 3.94. The molecule has 29 heavy (non-hydrogen) atoms. The van der Waals surface area contributed by atoms with Crippen molar-refractivity contribution in [2.45, 2.75) is 45.6 Å². The van der Waals surface area contributed by atoms with Crippen LogP contribution in [0.4, 0.5) is 15.5 Å². The van der Waals surface area contributed by atoms with Gasteiger partial charge in [0.2, 0.25) is 0 Å². The summed E-state index contributed by atoms with van der Waals surface area (Å²) < 4.78 is 11.1. The van der Waals surface area contributed by atoms with Gasteiger partial charge < -0.3 is 9.47 Å². The maximum absolute atomic E-state index is 13.2. The predicted molar refractivity (Wildman–Crippen MR) is 115 cm³/mol. The second kappa shape index (κ2) is 8.24. The molecule has 0 saturated carbocycles. The summed E-state index contributed by atoms with van der Waals surface area (Å²) in [7, 11) is 0. The molecule has 2 amide bonds.